The number of aryl methyl sites for hydroxylation is 1. The third-order valence-corrected chi connectivity index (χ3v) is 1.62. The van der Waals surface area contributed by atoms with Gasteiger partial charge < -0.3 is 4.74 Å². The molecular formula is C7H9N2O. The van der Waals surface area contributed by atoms with Gasteiger partial charge in [-0.1, -0.05) is 0 Å². The normalized spacial score (nSPS) is 17.2. The molecule has 0 fully saturated rings. The van der Waals surface area contributed by atoms with Crippen LogP contribution in [0.3, 0.4) is 0 Å². The van der Waals surface area contributed by atoms with Crippen LogP contribution in [0.25, 0.3) is 0 Å². The minimum Gasteiger partial charge on any atom is -0.477 e. The summed E-state index contributed by atoms with van der Waals surface area (Å²) < 4.78 is 7.19. The second kappa shape index (κ2) is 2.33. The van der Waals surface area contributed by atoms with E-state index in [0.29, 0.717) is 0 Å². The second-order valence-corrected chi connectivity index (χ2v) is 2.37. The highest BCUT2D eigenvalue weighted by Gasteiger charge is 2.06. The van der Waals surface area contributed by atoms with Crippen LogP contribution in [0, 0.1) is 6.07 Å². The second-order valence-electron chi connectivity index (χ2n) is 2.37. The molecular weight excluding hydrogens is 128 g/mol. The van der Waals surface area contributed by atoms with Gasteiger partial charge in [-0.2, -0.15) is 5.10 Å². The molecule has 10 heavy (non-hydrogen) atoms. The van der Waals surface area contributed by atoms with E-state index in [1.54, 1.807) is 6.20 Å². The number of nitrogens with zero attached hydrogens (tertiary/aromatic N) is 2. The zero-order chi connectivity index (χ0) is 6.81. The molecule has 3 heteroatoms. The average Bonchev–Trinajstić information content (AvgIpc) is 2.28. The number of ether oxygens (including phenoxy) is 1. The molecule has 0 bridgehead atoms. The molecule has 0 spiro atoms. The molecule has 0 saturated heterocycles. The van der Waals surface area contributed by atoms with Gasteiger partial charge in [0.15, 0.2) is 0 Å². The third-order valence-electron chi connectivity index (χ3n) is 1.62. The summed E-state index contributed by atoms with van der Waals surface area (Å²) in [5.41, 5.74) is 0. The van der Waals surface area contributed by atoms with E-state index in [-0.39, 0.29) is 0 Å². The molecule has 1 aromatic heterocycles. The van der Waals surface area contributed by atoms with E-state index in [9.17, 15) is 0 Å². The Hall–Kier alpha value is -0.990. The zero-order valence-corrected chi connectivity index (χ0v) is 5.71. The first-order valence-corrected chi connectivity index (χ1v) is 3.53. The van der Waals surface area contributed by atoms with Crippen molar-refractivity contribution in [2.75, 3.05) is 6.61 Å². The molecule has 0 unspecified atom stereocenters. The Bertz CT molecular complexity index is 199. The topological polar surface area (TPSA) is 27.1 Å². The van der Waals surface area contributed by atoms with Crippen LogP contribution in [-0.4, -0.2) is 16.4 Å². The first kappa shape index (κ1) is 5.77. The van der Waals surface area contributed by atoms with Gasteiger partial charge in [0.05, 0.1) is 18.9 Å². The van der Waals surface area contributed by atoms with E-state index in [0.717, 1.165) is 31.9 Å². The minimum absolute atomic E-state index is 0.789. The van der Waals surface area contributed by atoms with Gasteiger partial charge in [0.2, 0.25) is 5.88 Å². The van der Waals surface area contributed by atoms with E-state index < -0.39 is 0 Å². The summed E-state index contributed by atoms with van der Waals surface area (Å²) in [7, 11) is 0. The lowest BCUT2D eigenvalue weighted by atomic mass is 10.3. The van der Waals surface area contributed by atoms with Crippen LogP contribution >= 0.6 is 0 Å². The number of hydrogen-bond acceptors (Lipinski definition) is 2. The lowest BCUT2D eigenvalue weighted by Gasteiger charge is -1.99. The Balaban J connectivity index is 2.28. The average molecular weight is 137 g/mol. The molecule has 0 aromatic carbocycles. The van der Waals surface area contributed by atoms with Gasteiger partial charge in [0.25, 0.3) is 0 Å². The summed E-state index contributed by atoms with van der Waals surface area (Å²) in [5, 5.41) is 4.05. The zero-order valence-electron chi connectivity index (χ0n) is 5.71. The van der Waals surface area contributed by atoms with E-state index in [1.807, 2.05) is 4.68 Å². The maximum atomic E-state index is 5.33. The summed E-state index contributed by atoms with van der Waals surface area (Å²) in [4.78, 5) is 0. The molecule has 0 saturated carbocycles. The van der Waals surface area contributed by atoms with Crippen molar-refractivity contribution in [3.63, 3.8) is 0 Å². The van der Waals surface area contributed by atoms with E-state index >= 15 is 0 Å². The predicted octanol–water partition coefficient (Wildman–Crippen LogP) is 0.856. The molecule has 0 aliphatic carbocycles. The monoisotopic (exact) mass is 137 g/mol. The van der Waals surface area contributed by atoms with Crippen molar-refractivity contribution < 1.29 is 4.74 Å². The van der Waals surface area contributed by atoms with Crippen molar-refractivity contribution in [2.45, 2.75) is 19.4 Å². The van der Waals surface area contributed by atoms with Crippen LogP contribution in [0.1, 0.15) is 12.8 Å². The largest absolute Gasteiger partial charge is 0.477 e. The molecule has 0 atom stereocenters. The summed E-state index contributed by atoms with van der Waals surface area (Å²) in [6.07, 6.45) is 3.93. The molecule has 1 aromatic rings. The van der Waals surface area contributed by atoms with Crippen LogP contribution in [0.15, 0.2) is 6.20 Å². The van der Waals surface area contributed by atoms with Crippen LogP contribution < -0.4 is 4.74 Å². The van der Waals surface area contributed by atoms with Gasteiger partial charge in [-0.25, -0.2) is 4.68 Å². The molecule has 0 N–H and O–H groups in total. The Morgan fingerprint density at radius 1 is 1.60 bits per heavy atom. The highest BCUT2D eigenvalue weighted by molar-refractivity contribution is 5.05. The summed E-state index contributed by atoms with van der Waals surface area (Å²) in [6, 6.07) is 2.93. The predicted molar refractivity (Wildman–Crippen MR) is 35.8 cm³/mol. The number of fused-ring (bicyclic) bond motifs is 1. The first-order valence-electron chi connectivity index (χ1n) is 3.53. The van der Waals surface area contributed by atoms with Gasteiger partial charge in [0, 0.05) is 6.54 Å². The van der Waals surface area contributed by atoms with Gasteiger partial charge in [-0.3, -0.25) is 0 Å². The van der Waals surface area contributed by atoms with Crippen molar-refractivity contribution in [1.82, 2.24) is 9.78 Å². The lowest BCUT2D eigenvalue weighted by Crippen LogP contribution is -1.99. The van der Waals surface area contributed by atoms with E-state index in [1.165, 1.54) is 0 Å². The van der Waals surface area contributed by atoms with Crippen LogP contribution in [-0.2, 0) is 6.54 Å². The van der Waals surface area contributed by atoms with E-state index in [2.05, 4.69) is 11.2 Å². The van der Waals surface area contributed by atoms with Gasteiger partial charge in [-0.15, -0.1) is 0 Å². The fraction of sp³-hybridized carbons (Fsp3) is 0.571. The molecule has 53 valence electrons. The smallest absolute Gasteiger partial charge is 0.220 e. The summed E-state index contributed by atoms with van der Waals surface area (Å²) >= 11 is 0. The summed E-state index contributed by atoms with van der Waals surface area (Å²) in [5.74, 6) is 0.789. The summed E-state index contributed by atoms with van der Waals surface area (Å²) in [6.45, 7) is 1.78. The van der Waals surface area contributed by atoms with Gasteiger partial charge >= 0.3 is 0 Å². The lowest BCUT2D eigenvalue weighted by molar-refractivity contribution is 0.303. The molecule has 2 heterocycles. The fourth-order valence-corrected chi connectivity index (χ4v) is 1.09. The van der Waals surface area contributed by atoms with Crippen molar-refractivity contribution in [3.05, 3.63) is 12.3 Å². The van der Waals surface area contributed by atoms with Crippen molar-refractivity contribution >= 4 is 0 Å². The van der Waals surface area contributed by atoms with Crippen molar-refractivity contribution in [3.8, 4) is 5.88 Å². The maximum absolute atomic E-state index is 5.33. The number of rotatable bonds is 0. The Morgan fingerprint density at radius 2 is 2.60 bits per heavy atom. The van der Waals surface area contributed by atoms with Crippen molar-refractivity contribution in [2.24, 2.45) is 0 Å². The van der Waals surface area contributed by atoms with Crippen LogP contribution in [0.2, 0.25) is 0 Å². The highest BCUT2D eigenvalue weighted by Crippen LogP contribution is 2.13. The Morgan fingerprint density at radius 3 is 3.60 bits per heavy atom. The van der Waals surface area contributed by atoms with Crippen LogP contribution in [0.4, 0.5) is 0 Å². The molecule has 0 amide bonds. The Kier molecular flexibility index (Phi) is 1.34. The van der Waals surface area contributed by atoms with Gasteiger partial charge in [0.1, 0.15) is 0 Å². The molecule has 3 nitrogen and oxygen atoms in total. The maximum Gasteiger partial charge on any atom is 0.220 e. The number of hydrogen-bond donors (Lipinski definition) is 0. The highest BCUT2D eigenvalue weighted by atomic mass is 16.5. The third kappa shape index (κ3) is 0.875. The molecule has 1 aliphatic heterocycles. The van der Waals surface area contributed by atoms with Crippen LogP contribution in [0.5, 0.6) is 5.88 Å². The molecule has 2 rings (SSSR count). The fourth-order valence-electron chi connectivity index (χ4n) is 1.09. The van der Waals surface area contributed by atoms with E-state index in [4.69, 9.17) is 4.74 Å². The van der Waals surface area contributed by atoms with Crippen molar-refractivity contribution in [1.29, 1.82) is 0 Å². The molecule has 1 radical (unpaired) electrons. The Labute approximate surface area is 59.6 Å². The van der Waals surface area contributed by atoms with Gasteiger partial charge in [-0.05, 0) is 12.8 Å². The SMILES string of the molecule is [c]1cnn2c1OCCCC2. The standard InChI is InChI=1S/C7H9N2O/c1-2-6-10-7-3-4-8-9(7)5-1/h4H,1-2,5-6H2. The number of aromatic nitrogens is 2. The first-order chi connectivity index (χ1) is 4.97. The minimum atomic E-state index is 0.789. The quantitative estimate of drug-likeness (QED) is 0.530. The molecule has 1 aliphatic rings.